The smallest absolute Gasteiger partial charge is 0.237 e. The Kier molecular flexibility index (Phi) is 6.17. The molecule has 1 amide bonds. The molecule has 1 heterocycles. The van der Waals surface area contributed by atoms with E-state index in [2.05, 4.69) is 17.1 Å². The van der Waals surface area contributed by atoms with E-state index in [9.17, 15) is 4.79 Å². The molecule has 0 spiro atoms. The summed E-state index contributed by atoms with van der Waals surface area (Å²) in [6.07, 6.45) is 0.616. The number of carbonyl (C=O) groups excluding carboxylic acids is 1. The molecule has 3 N–H and O–H groups in total. The lowest BCUT2D eigenvalue weighted by Gasteiger charge is -2.32. The minimum absolute atomic E-state index is 0.0616. The van der Waals surface area contributed by atoms with Gasteiger partial charge in [-0.05, 0) is 18.5 Å². The van der Waals surface area contributed by atoms with Gasteiger partial charge in [0, 0.05) is 19.6 Å². The molecule has 0 saturated carbocycles. The molecule has 1 aliphatic rings. The van der Waals surface area contributed by atoms with Gasteiger partial charge in [-0.1, -0.05) is 37.3 Å². The van der Waals surface area contributed by atoms with Gasteiger partial charge in [0.1, 0.15) is 0 Å². The number of ether oxygens (including phenoxy) is 1. The number of nitrogens with zero attached hydrogens (tertiary/aromatic N) is 1. The fraction of sp³-hybridized carbons (Fsp3) is 0.562. The number of hydrogen-bond donors (Lipinski definition) is 2. The highest BCUT2D eigenvalue weighted by molar-refractivity contribution is 5.81. The van der Waals surface area contributed by atoms with Crippen LogP contribution in [0.25, 0.3) is 0 Å². The van der Waals surface area contributed by atoms with Crippen LogP contribution in [0.3, 0.4) is 0 Å². The van der Waals surface area contributed by atoms with E-state index in [1.54, 1.807) is 0 Å². The lowest BCUT2D eigenvalue weighted by molar-refractivity contribution is -0.123. The van der Waals surface area contributed by atoms with Crippen LogP contribution in [0.15, 0.2) is 30.3 Å². The van der Waals surface area contributed by atoms with E-state index >= 15 is 0 Å². The minimum Gasteiger partial charge on any atom is -0.374 e. The fourth-order valence-electron chi connectivity index (χ4n) is 2.50. The van der Waals surface area contributed by atoms with E-state index < -0.39 is 6.04 Å². The topological polar surface area (TPSA) is 67.6 Å². The molecule has 0 bridgehead atoms. The molecule has 116 valence electrons. The Bertz CT molecular complexity index is 438. The predicted molar refractivity (Wildman–Crippen MR) is 83.0 cm³/mol. The van der Waals surface area contributed by atoms with Crippen LogP contribution in [0.2, 0.25) is 0 Å². The average Bonchev–Trinajstić information content (AvgIpc) is 2.53. The zero-order chi connectivity index (χ0) is 15.1. The van der Waals surface area contributed by atoms with E-state index in [0.29, 0.717) is 13.0 Å². The zero-order valence-electron chi connectivity index (χ0n) is 12.6. The van der Waals surface area contributed by atoms with Crippen molar-refractivity contribution in [3.8, 4) is 0 Å². The maximum Gasteiger partial charge on any atom is 0.237 e. The summed E-state index contributed by atoms with van der Waals surface area (Å²) in [6, 6.07) is 9.31. The van der Waals surface area contributed by atoms with Crippen LogP contribution in [0.1, 0.15) is 12.5 Å². The van der Waals surface area contributed by atoms with Crippen LogP contribution in [0.4, 0.5) is 0 Å². The van der Waals surface area contributed by atoms with Gasteiger partial charge in [0.15, 0.2) is 0 Å². The number of benzene rings is 1. The molecular formula is C16H25N3O2. The molecule has 1 aromatic carbocycles. The van der Waals surface area contributed by atoms with E-state index in [1.165, 1.54) is 0 Å². The second-order valence-corrected chi connectivity index (χ2v) is 5.43. The van der Waals surface area contributed by atoms with E-state index in [0.717, 1.165) is 31.8 Å². The SMILES string of the molecule is CCN1CCOC(CNC(=O)C(N)Cc2ccccc2)C1. The van der Waals surface area contributed by atoms with Crippen molar-refractivity contribution in [2.45, 2.75) is 25.5 Å². The number of nitrogens with one attached hydrogen (secondary N) is 1. The normalized spacial score (nSPS) is 21.0. The number of morpholine rings is 1. The van der Waals surface area contributed by atoms with Gasteiger partial charge in [-0.2, -0.15) is 0 Å². The van der Waals surface area contributed by atoms with Crippen LogP contribution in [-0.4, -0.2) is 55.7 Å². The van der Waals surface area contributed by atoms with Gasteiger partial charge in [0.2, 0.25) is 5.91 Å². The maximum absolute atomic E-state index is 12.0. The second-order valence-electron chi connectivity index (χ2n) is 5.43. The van der Waals surface area contributed by atoms with Gasteiger partial charge in [0.05, 0.1) is 18.8 Å². The summed E-state index contributed by atoms with van der Waals surface area (Å²) >= 11 is 0. The van der Waals surface area contributed by atoms with E-state index in [-0.39, 0.29) is 12.0 Å². The minimum atomic E-state index is -0.515. The van der Waals surface area contributed by atoms with Gasteiger partial charge < -0.3 is 15.8 Å². The van der Waals surface area contributed by atoms with Crippen LogP contribution in [0.5, 0.6) is 0 Å². The van der Waals surface area contributed by atoms with Gasteiger partial charge in [-0.15, -0.1) is 0 Å². The molecular weight excluding hydrogens is 266 g/mol. The summed E-state index contributed by atoms with van der Waals surface area (Å²) < 4.78 is 5.66. The number of amides is 1. The fourth-order valence-corrected chi connectivity index (χ4v) is 2.50. The van der Waals surface area contributed by atoms with E-state index in [1.807, 2.05) is 30.3 Å². The van der Waals surface area contributed by atoms with Crippen molar-refractivity contribution < 1.29 is 9.53 Å². The quantitative estimate of drug-likeness (QED) is 0.796. The molecule has 2 rings (SSSR count). The third kappa shape index (κ3) is 5.12. The Morgan fingerprint density at radius 2 is 2.24 bits per heavy atom. The zero-order valence-corrected chi connectivity index (χ0v) is 12.6. The first-order valence-corrected chi connectivity index (χ1v) is 7.60. The molecule has 2 unspecified atom stereocenters. The first-order chi connectivity index (χ1) is 10.2. The summed E-state index contributed by atoms with van der Waals surface area (Å²) in [5, 5.41) is 2.90. The maximum atomic E-state index is 12.0. The highest BCUT2D eigenvalue weighted by Crippen LogP contribution is 2.05. The lowest BCUT2D eigenvalue weighted by Crippen LogP contribution is -2.50. The Morgan fingerprint density at radius 3 is 2.95 bits per heavy atom. The van der Waals surface area contributed by atoms with Gasteiger partial charge >= 0.3 is 0 Å². The lowest BCUT2D eigenvalue weighted by atomic mass is 10.1. The van der Waals surface area contributed by atoms with Crippen molar-refractivity contribution in [3.05, 3.63) is 35.9 Å². The monoisotopic (exact) mass is 291 g/mol. The second kappa shape index (κ2) is 8.12. The summed E-state index contributed by atoms with van der Waals surface area (Å²) in [6.45, 7) is 6.24. The number of hydrogen-bond acceptors (Lipinski definition) is 4. The van der Waals surface area contributed by atoms with Gasteiger partial charge in [0.25, 0.3) is 0 Å². The summed E-state index contributed by atoms with van der Waals surface area (Å²) in [5.41, 5.74) is 7.03. The molecule has 1 fully saturated rings. The summed E-state index contributed by atoms with van der Waals surface area (Å²) in [4.78, 5) is 14.4. The molecule has 5 nitrogen and oxygen atoms in total. The Balaban J connectivity index is 1.73. The van der Waals surface area contributed by atoms with Crippen molar-refractivity contribution in [1.29, 1.82) is 0 Å². The Hall–Kier alpha value is -1.43. The van der Waals surface area contributed by atoms with Gasteiger partial charge in [-0.3, -0.25) is 9.69 Å². The van der Waals surface area contributed by atoms with Crippen molar-refractivity contribution in [1.82, 2.24) is 10.2 Å². The molecule has 0 radical (unpaired) electrons. The highest BCUT2D eigenvalue weighted by atomic mass is 16.5. The molecule has 2 atom stereocenters. The molecule has 1 saturated heterocycles. The van der Waals surface area contributed by atoms with Crippen molar-refractivity contribution in [2.24, 2.45) is 5.73 Å². The predicted octanol–water partition coefficient (Wildman–Crippen LogP) is 0.393. The molecule has 1 aromatic rings. The number of rotatable bonds is 6. The number of nitrogens with two attached hydrogens (primary N) is 1. The van der Waals surface area contributed by atoms with E-state index in [4.69, 9.17) is 10.5 Å². The average molecular weight is 291 g/mol. The number of carbonyl (C=O) groups is 1. The molecule has 21 heavy (non-hydrogen) atoms. The van der Waals surface area contributed by atoms with Crippen LogP contribution in [-0.2, 0) is 16.0 Å². The van der Waals surface area contributed by atoms with Crippen LogP contribution < -0.4 is 11.1 Å². The Labute approximate surface area is 126 Å². The van der Waals surface area contributed by atoms with Crippen LogP contribution >= 0.6 is 0 Å². The molecule has 5 heteroatoms. The highest BCUT2D eigenvalue weighted by Gasteiger charge is 2.21. The Morgan fingerprint density at radius 1 is 1.48 bits per heavy atom. The standard InChI is InChI=1S/C16H25N3O2/c1-2-19-8-9-21-14(12-19)11-18-16(20)15(17)10-13-6-4-3-5-7-13/h3-7,14-15H,2,8-12,17H2,1H3,(H,18,20). The molecule has 0 aliphatic carbocycles. The summed E-state index contributed by atoms with van der Waals surface area (Å²) in [7, 11) is 0. The third-order valence-electron chi connectivity index (χ3n) is 3.81. The first-order valence-electron chi connectivity index (χ1n) is 7.60. The molecule has 1 aliphatic heterocycles. The van der Waals surface area contributed by atoms with Crippen molar-refractivity contribution in [3.63, 3.8) is 0 Å². The van der Waals surface area contributed by atoms with Crippen LogP contribution in [0, 0.1) is 0 Å². The summed E-state index contributed by atoms with van der Waals surface area (Å²) in [5.74, 6) is -0.115. The van der Waals surface area contributed by atoms with Crippen molar-refractivity contribution >= 4 is 5.91 Å². The first kappa shape index (κ1) is 15.9. The van der Waals surface area contributed by atoms with Crippen molar-refractivity contribution in [2.75, 3.05) is 32.8 Å². The third-order valence-corrected chi connectivity index (χ3v) is 3.81. The molecule has 0 aromatic heterocycles. The van der Waals surface area contributed by atoms with Gasteiger partial charge in [-0.25, -0.2) is 0 Å². The number of likely N-dealkylation sites (N-methyl/N-ethyl adjacent to an activating group) is 1. The largest absolute Gasteiger partial charge is 0.374 e.